The Kier molecular flexibility index (Phi) is 4.89. The number of anilines is 1. The van der Waals surface area contributed by atoms with Gasteiger partial charge in [0.2, 0.25) is 0 Å². The first kappa shape index (κ1) is 17.6. The van der Waals surface area contributed by atoms with Crippen molar-refractivity contribution in [3.63, 3.8) is 0 Å². The summed E-state index contributed by atoms with van der Waals surface area (Å²) in [7, 11) is 2.02. The van der Waals surface area contributed by atoms with Crippen molar-refractivity contribution in [2.45, 2.75) is 38.3 Å². The highest BCUT2D eigenvalue weighted by Gasteiger charge is 2.43. The van der Waals surface area contributed by atoms with Gasteiger partial charge < -0.3 is 15.1 Å². The second kappa shape index (κ2) is 6.95. The fourth-order valence-corrected chi connectivity index (χ4v) is 3.52. The molecule has 0 unspecified atom stereocenters. The molecule has 0 spiro atoms. The number of amides is 3. The Morgan fingerprint density at radius 3 is 2.84 bits per heavy atom. The van der Waals surface area contributed by atoms with Crippen LogP contribution in [0.25, 0.3) is 0 Å². The Morgan fingerprint density at radius 2 is 2.20 bits per heavy atom. The van der Waals surface area contributed by atoms with Crippen LogP contribution in [0.1, 0.15) is 26.7 Å². The molecule has 2 saturated heterocycles. The van der Waals surface area contributed by atoms with Crippen molar-refractivity contribution in [2.24, 2.45) is 0 Å². The van der Waals surface area contributed by atoms with Crippen LogP contribution >= 0.6 is 0 Å². The second-order valence-corrected chi connectivity index (χ2v) is 7.35. The van der Waals surface area contributed by atoms with Gasteiger partial charge in [0.25, 0.3) is 5.91 Å². The minimum atomic E-state index is -0.802. The molecule has 0 aromatic carbocycles. The lowest BCUT2D eigenvalue weighted by Crippen LogP contribution is -2.44. The van der Waals surface area contributed by atoms with E-state index in [1.165, 1.54) is 4.90 Å². The van der Waals surface area contributed by atoms with Gasteiger partial charge >= 0.3 is 6.03 Å². The minimum Gasteiger partial charge on any atom is -0.351 e. The Morgan fingerprint density at radius 1 is 1.40 bits per heavy atom. The van der Waals surface area contributed by atoms with E-state index in [0.717, 1.165) is 31.7 Å². The van der Waals surface area contributed by atoms with Crippen LogP contribution in [0.3, 0.4) is 0 Å². The number of nitrogens with one attached hydrogen (secondary N) is 1. The van der Waals surface area contributed by atoms with Gasteiger partial charge in [-0.3, -0.25) is 9.69 Å². The molecule has 2 fully saturated rings. The van der Waals surface area contributed by atoms with Crippen LogP contribution in [-0.2, 0) is 4.79 Å². The molecule has 0 saturated carbocycles. The first-order chi connectivity index (χ1) is 11.9. The molecule has 0 aliphatic carbocycles. The Balaban J connectivity index is 1.53. The van der Waals surface area contributed by atoms with Gasteiger partial charge in [-0.25, -0.2) is 4.79 Å². The first-order valence-corrected chi connectivity index (χ1v) is 8.75. The molecule has 0 bridgehead atoms. The Bertz CT molecular complexity index is 635. The van der Waals surface area contributed by atoms with Crippen molar-refractivity contribution in [3.8, 4) is 0 Å². The molecule has 1 aromatic heterocycles. The van der Waals surface area contributed by atoms with Crippen LogP contribution < -0.4 is 10.2 Å². The number of carbonyl (C=O) groups is 2. The summed E-state index contributed by atoms with van der Waals surface area (Å²) in [6.07, 6.45) is 3.92. The summed E-state index contributed by atoms with van der Waals surface area (Å²) in [5.74, 6) is 0.752. The van der Waals surface area contributed by atoms with Crippen LogP contribution in [0.15, 0.2) is 18.3 Å². The van der Waals surface area contributed by atoms with Crippen LogP contribution in [0.4, 0.5) is 10.6 Å². The first-order valence-electron chi connectivity index (χ1n) is 8.75. The van der Waals surface area contributed by atoms with Crippen molar-refractivity contribution >= 4 is 17.8 Å². The molecule has 2 aliphatic rings. The third-order valence-electron chi connectivity index (χ3n) is 4.90. The van der Waals surface area contributed by atoms with Crippen molar-refractivity contribution in [1.82, 2.24) is 25.3 Å². The molecule has 1 N–H and O–H groups in total. The molecule has 3 amide bonds. The standard InChI is InChI=1S/C17H26N6O2/c1-17(2)15(24)23(16(25)19-17)11-10-21(3)12-13-6-5-9-22(13)14-7-4-8-18-20-14/h4,7-8,13H,5-6,9-12H2,1-3H3,(H,19,25)/t13-/m1/s1. The van der Waals surface area contributed by atoms with Gasteiger partial charge in [0.05, 0.1) is 0 Å². The molecule has 1 atom stereocenters. The van der Waals surface area contributed by atoms with Crippen molar-refractivity contribution < 1.29 is 9.59 Å². The highest BCUT2D eigenvalue weighted by molar-refractivity contribution is 6.06. The molecular formula is C17H26N6O2. The van der Waals surface area contributed by atoms with Gasteiger partial charge in [0, 0.05) is 38.4 Å². The predicted molar refractivity (Wildman–Crippen MR) is 94.2 cm³/mol. The smallest absolute Gasteiger partial charge is 0.325 e. The van der Waals surface area contributed by atoms with E-state index < -0.39 is 5.54 Å². The highest BCUT2D eigenvalue weighted by Crippen LogP contribution is 2.23. The van der Waals surface area contributed by atoms with Gasteiger partial charge in [0.15, 0.2) is 5.82 Å². The number of hydrogen-bond donors (Lipinski definition) is 1. The summed E-state index contributed by atoms with van der Waals surface area (Å²) in [6, 6.07) is 3.97. The number of imide groups is 1. The van der Waals surface area contributed by atoms with Gasteiger partial charge in [-0.15, -0.1) is 5.10 Å². The van der Waals surface area contributed by atoms with Crippen LogP contribution in [0, 0.1) is 0 Å². The fraction of sp³-hybridized carbons (Fsp3) is 0.647. The molecular weight excluding hydrogens is 320 g/mol. The van der Waals surface area contributed by atoms with E-state index in [1.54, 1.807) is 20.0 Å². The summed E-state index contributed by atoms with van der Waals surface area (Å²) in [5, 5.41) is 10.9. The van der Waals surface area contributed by atoms with E-state index in [1.807, 2.05) is 19.2 Å². The van der Waals surface area contributed by atoms with E-state index in [4.69, 9.17) is 0 Å². The maximum Gasteiger partial charge on any atom is 0.325 e. The Labute approximate surface area is 148 Å². The zero-order valence-corrected chi connectivity index (χ0v) is 15.1. The summed E-state index contributed by atoms with van der Waals surface area (Å²) in [6.45, 7) is 6.37. The number of aromatic nitrogens is 2. The second-order valence-electron chi connectivity index (χ2n) is 7.35. The van der Waals surface area contributed by atoms with Crippen molar-refractivity contribution in [3.05, 3.63) is 18.3 Å². The SMILES string of the molecule is CN(CCN1C(=O)NC(C)(C)C1=O)C[C@H]1CCCN1c1cccnn1. The quantitative estimate of drug-likeness (QED) is 0.764. The topological polar surface area (TPSA) is 81.7 Å². The highest BCUT2D eigenvalue weighted by atomic mass is 16.2. The number of hydrogen-bond acceptors (Lipinski definition) is 6. The molecule has 3 heterocycles. The molecule has 0 radical (unpaired) electrons. The van der Waals surface area contributed by atoms with E-state index >= 15 is 0 Å². The van der Waals surface area contributed by atoms with Gasteiger partial charge in [-0.1, -0.05) is 0 Å². The van der Waals surface area contributed by atoms with Gasteiger partial charge in [-0.2, -0.15) is 5.10 Å². The van der Waals surface area contributed by atoms with Crippen molar-refractivity contribution in [1.29, 1.82) is 0 Å². The van der Waals surface area contributed by atoms with Crippen molar-refractivity contribution in [2.75, 3.05) is 38.1 Å². The lowest BCUT2D eigenvalue weighted by atomic mass is 10.1. The monoisotopic (exact) mass is 346 g/mol. The molecule has 8 heteroatoms. The fourth-order valence-electron chi connectivity index (χ4n) is 3.52. The molecule has 25 heavy (non-hydrogen) atoms. The summed E-state index contributed by atoms with van der Waals surface area (Å²) < 4.78 is 0. The zero-order valence-electron chi connectivity index (χ0n) is 15.1. The van der Waals surface area contributed by atoms with Gasteiger partial charge in [-0.05, 0) is 45.9 Å². The maximum atomic E-state index is 12.2. The number of urea groups is 1. The number of carbonyl (C=O) groups excluding carboxylic acids is 2. The molecule has 8 nitrogen and oxygen atoms in total. The van der Waals surface area contributed by atoms with Crippen LogP contribution in [0.2, 0.25) is 0 Å². The number of likely N-dealkylation sites (N-methyl/N-ethyl adjacent to an activating group) is 1. The average molecular weight is 346 g/mol. The normalized spacial score (nSPS) is 22.8. The molecule has 136 valence electrons. The number of rotatable bonds is 6. The zero-order chi connectivity index (χ0) is 18.0. The van der Waals surface area contributed by atoms with Crippen LogP contribution in [0.5, 0.6) is 0 Å². The summed E-state index contributed by atoms with van der Waals surface area (Å²) in [4.78, 5) is 30.0. The number of nitrogens with zero attached hydrogens (tertiary/aromatic N) is 5. The van der Waals surface area contributed by atoms with Gasteiger partial charge in [0.1, 0.15) is 5.54 Å². The lowest BCUT2D eigenvalue weighted by molar-refractivity contribution is -0.130. The van der Waals surface area contributed by atoms with E-state index in [2.05, 4.69) is 25.3 Å². The van der Waals surface area contributed by atoms with E-state index in [9.17, 15) is 9.59 Å². The molecule has 2 aliphatic heterocycles. The summed E-state index contributed by atoms with van der Waals surface area (Å²) in [5.41, 5.74) is -0.802. The largest absolute Gasteiger partial charge is 0.351 e. The lowest BCUT2D eigenvalue weighted by Gasteiger charge is -2.29. The minimum absolute atomic E-state index is 0.159. The third-order valence-corrected chi connectivity index (χ3v) is 4.90. The maximum absolute atomic E-state index is 12.2. The van der Waals surface area contributed by atoms with E-state index in [0.29, 0.717) is 19.1 Å². The third kappa shape index (κ3) is 3.73. The Hall–Kier alpha value is -2.22. The predicted octanol–water partition coefficient (Wildman–Crippen LogP) is 0.708. The van der Waals surface area contributed by atoms with E-state index in [-0.39, 0.29) is 11.9 Å². The molecule has 3 rings (SSSR count). The molecule has 1 aromatic rings. The average Bonchev–Trinajstić information content (AvgIpc) is 3.10. The van der Waals surface area contributed by atoms with Crippen LogP contribution in [-0.4, -0.2) is 76.7 Å². The summed E-state index contributed by atoms with van der Waals surface area (Å²) >= 11 is 0.